The first-order valence-corrected chi connectivity index (χ1v) is 10.4. The van der Waals surface area contributed by atoms with Gasteiger partial charge in [0.15, 0.2) is 0 Å². The van der Waals surface area contributed by atoms with Crippen molar-refractivity contribution in [2.45, 2.75) is 37.8 Å². The number of carbonyl (C=O) groups is 1. The number of amides is 1. The first-order valence-electron chi connectivity index (χ1n) is 10.0. The zero-order valence-electron chi connectivity index (χ0n) is 17.3. The van der Waals surface area contributed by atoms with Gasteiger partial charge in [0.1, 0.15) is 12.1 Å². The van der Waals surface area contributed by atoms with Gasteiger partial charge in [-0.2, -0.15) is 13.2 Å². The topological polar surface area (TPSA) is 55.1 Å². The summed E-state index contributed by atoms with van der Waals surface area (Å²) in [6.45, 7) is 0. The van der Waals surface area contributed by atoms with E-state index in [9.17, 15) is 22.4 Å². The van der Waals surface area contributed by atoms with Crippen LogP contribution in [0.5, 0.6) is 0 Å². The summed E-state index contributed by atoms with van der Waals surface area (Å²) in [5.41, 5.74) is -1.82. The number of aromatic nitrogens is 1. The Labute approximate surface area is 193 Å². The average Bonchev–Trinajstić information content (AvgIpc) is 3.35. The molecule has 1 N–H and O–H groups in total. The van der Waals surface area contributed by atoms with Crippen LogP contribution in [0.3, 0.4) is 0 Å². The first-order chi connectivity index (χ1) is 15.8. The SMILES string of the molecule is C#C.C1CCC1.O=C1Nc2cc(-c3ncco3)cc(C(F)(F)F)c2C1c1c(F)cccc1Cl. The lowest BCUT2D eigenvalue weighted by Gasteiger charge is -2.18. The van der Waals surface area contributed by atoms with Crippen molar-refractivity contribution in [3.8, 4) is 24.3 Å². The van der Waals surface area contributed by atoms with E-state index in [0.29, 0.717) is 0 Å². The molecule has 33 heavy (non-hydrogen) atoms. The molecular formula is C24H19ClF4N2O2. The normalized spacial score (nSPS) is 16.3. The predicted molar refractivity (Wildman–Crippen MR) is 117 cm³/mol. The molecule has 0 radical (unpaired) electrons. The molecule has 3 aromatic rings. The number of nitrogens with one attached hydrogen (secondary N) is 1. The molecule has 1 saturated carbocycles. The van der Waals surface area contributed by atoms with E-state index >= 15 is 0 Å². The second-order valence-electron chi connectivity index (χ2n) is 7.29. The van der Waals surface area contributed by atoms with Gasteiger partial charge in [-0.25, -0.2) is 9.37 Å². The van der Waals surface area contributed by atoms with E-state index in [0.717, 1.165) is 12.1 Å². The zero-order chi connectivity index (χ0) is 24.2. The number of fused-ring (bicyclic) bond motifs is 1. The number of hydrogen-bond donors (Lipinski definition) is 1. The highest BCUT2D eigenvalue weighted by atomic mass is 35.5. The Morgan fingerprint density at radius 2 is 1.76 bits per heavy atom. The van der Waals surface area contributed by atoms with E-state index < -0.39 is 29.4 Å². The van der Waals surface area contributed by atoms with Gasteiger partial charge in [-0.15, -0.1) is 12.8 Å². The predicted octanol–water partition coefficient (Wildman–Crippen LogP) is 7.05. The van der Waals surface area contributed by atoms with Crippen LogP contribution in [-0.2, 0) is 11.0 Å². The maximum atomic E-state index is 14.3. The number of oxazole rings is 1. The number of nitrogens with zero attached hydrogens (tertiary/aromatic N) is 1. The van der Waals surface area contributed by atoms with E-state index in [1.54, 1.807) is 0 Å². The lowest BCUT2D eigenvalue weighted by Crippen LogP contribution is -2.17. The number of hydrogen-bond acceptors (Lipinski definition) is 3. The summed E-state index contributed by atoms with van der Waals surface area (Å²) < 4.78 is 60.7. The maximum Gasteiger partial charge on any atom is 0.416 e. The van der Waals surface area contributed by atoms with Crippen LogP contribution in [-0.4, -0.2) is 10.9 Å². The van der Waals surface area contributed by atoms with Crippen LogP contribution in [0, 0.1) is 18.7 Å². The molecule has 5 rings (SSSR count). The van der Waals surface area contributed by atoms with Crippen LogP contribution in [0.4, 0.5) is 23.2 Å². The second-order valence-corrected chi connectivity index (χ2v) is 7.70. The minimum absolute atomic E-state index is 0.0339. The number of carbonyl (C=O) groups excluding carboxylic acids is 1. The van der Waals surface area contributed by atoms with Crippen LogP contribution in [0.2, 0.25) is 5.02 Å². The Balaban J connectivity index is 0.000000452. The van der Waals surface area contributed by atoms with Crippen molar-refractivity contribution < 1.29 is 26.8 Å². The molecule has 2 heterocycles. The number of alkyl halides is 3. The van der Waals surface area contributed by atoms with Crippen LogP contribution >= 0.6 is 11.6 Å². The molecule has 1 atom stereocenters. The summed E-state index contributed by atoms with van der Waals surface area (Å²) in [7, 11) is 0. The van der Waals surface area contributed by atoms with Crippen LogP contribution in [0.15, 0.2) is 47.2 Å². The molecular weight excluding hydrogens is 460 g/mol. The third-order valence-corrected chi connectivity index (χ3v) is 5.59. The molecule has 1 aliphatic heterocycles. The Kier molecular flexibility index (Phi) is 7.44. The molecule has 172 valence electrons. The monoisotopic (exact) mass is 478 g/mol. The molecule has 0 bridgehead atoms. The summed E-state index contributed by atoms with van der Waals surface area (Å²) in [6, 6.07) is 5.81. The number of anilines is 1. The van der Waals surface area contributed by atoms with Crippen molar-refractivity contribution in [3.05, 3.63) is 70.3 Å². The maximum absolute atomic E-state index is 14.3. The Morgan fingerprint density at radius 3 is 2.27 bits per heavy atom. The summed E-state index contributed by atoms with van der Waals surface area (Å²) in [5.74, 6) is -3.22. The van der Waals surface area contributed by atoms with Gasteiger partial charge in [-0.1, -0.05) is 43.4 Å². The van der Waals surface area contributed by atoms with Gasteiger partial charge < -0.3 is 9.73 Å². The van der Waals surface area contributed by atoms with Gasteiger partial charge in [0, 0.05) is 27.4 Å². The van der Waals surface area contributed by atoms with E-state index in [4.69, 9.17) is 16.0 Å². The summed E-state index contributed by atoms with van der Waals surface area (Å²) >= 11 is 5.99. The van der Waals surface area contributed by atoms with Gasteiger partial charge >= 0.3 is 6.18 Å². The van der Waals surface area contributed by atoms with E-state index in [2.05, 4.69) is 23.1 Å². The Bertz CT molecular complexity index is 1130. The molecule has 2 aromatic carbocycles. The molecule has 9 heteroatoms. The Hall–Kier alpha value is -3.31. The molecule has 0 saturated heterocycles. The fraction of sp³-hybridized carbons (Fsp3) is 0.250. The largest absolute Gasteiger partial charge is 0.445 e. The minimum atomic E-state index is -4.80. The molecule has 4 nitrogen and oxygen atoms in total. The first kappa shape index (κ1) is 24.3. The smallest absolute Gasteiger partial charge is 0.416 e. The lowest BCUT2D eigenvalue weighted by atomic mass is 9.87. The lowest BCUT2D eigenvalue weighted by molar-refractivity contribution is -0.138. The van der Waals surface area contributed by atoms with Crippen molar-refractivity contribution in [2.24, 2.45) is 0 Å². The fourth-order valence-electron chi connectivity index (χ4n) is 3.44. The number of terminal acetylenes is 1. The number of rotatable bonds is 2. The highest BCUT2D eigenvalue weighted by Gasteiger charge is 2.44. The average molecular weight is 479 g/mol. The van der Waals surface area contributed by atoms with Gasteiger partial charge in [-0.05, 0) is 24.3 Å². The molecule has 1 unspecified atom stereocenters. The van der Waals surface area contributed by atoms with Crippen molar-refractivity contribution in [2.75, 3.05) is 5.32 Å². The number of halogens is 5. The van der Waals surface area contributed by atoms with Crippen molar-refractivity contribution in [1.82, 2.24) is 4.98 Å². The van der Waals surface area contributed by atoms with Crippen molar-refractivity contribution >= 4 is 23.2 Å². The van der Waals surface area contributed by atoms with Crippen molar-refractivity contribution in [1.29, 1.82) is 0 Å². The quantitative estimate of drug-likeness (QED) is 0.317. The molecule has 2 aliphatic rings. The fourth-order valence-corrected chi connectivity index (χ4v) is 3.71. The van der Waals surface area contributed by atoms with Gasteiger partial charge in [-0.3, -0.25) is 4.79 Å². The molecule has 1 amide bonds. The van der Waals surface area contributed by atoms with E-state index in [1.165, 1.54) is 56.3 Å². The number of benzene rings is 2. The van der Waals surface area contributed by atoms with Gasteiger partial charge in [0.2, 0.25) is 11.8 Å². The Morgan fingerprint density at radius 1 is 1.09 bits per heavy atom. The molecule has 0 spiro atoms. The third-order valence-electron chi connectivity index (χ3n) is 5.26. The van der Waals surface area contributed by atoms with E-state index in [1.807, 2.05) is 0 Å². The zero-order valence-corrected chi connectivity index (χ0v) is 18.0. The standard InChI is InChI=1S/C18H9ClF4N2O2.C4H8.C2H2/c19-10-2-1-3-11(20)14(10)15-13-9(18(21,22)23)6-8(17-24-4-5-27-17)7-12(13)25-16(15)26;1-2-4-3-1;1-2/h1-7,15H,(H,25,26);1-4H2;1-2H. The van der Waals surface area contributed by atoms with Crippen molar-refractivity contribution in [3.63, 3.8) is 0 Å². The summed E-state index contributed by atoms with van der Waals surface area (Å²) in [4.78, 5) is 16.3. The van der Waals surface area contributed by atoms with E-state index in [-0.39, 0.29) is 33.3 Å². The minimum Gasteiger partial charge on any atom is -0.445 e. The molecule has 1 fully saturated rings. The molecule has 1 aromatic heterocycles. The second kappa shape index (κ2) is 10.1. The third kappa shape index (κ3) is 5.04. The van der Waals surface area contributed by atoms with Crippen LogP contribution < -0.4 is 5.32 Å². The van der Waals surface area contributed by atoms with Gasteiger partial charge in [0.05, 0.1) is 17.7 Å². The highest BCUT2D eigenvalue weighted by molar-refractivity contribution is 6.32. The summed E-state index contributed by atoms with van der Waals surface area (Å²) in [6.07, 6.45) is 11.7. The van der Waals surface area contributed by atoms with Crippen LogP contribution in [0.25, 0.3) is 11.5 Å². The summed E-state index contributed by atoms with van der Waals surface area (Å²) in [5, 5.41) is 2.25. The molecule has 1 aliphatic carbocycles. The van der Waals surface area contributed by atoms with Crippen LogP contribution in [0.1, 0.15) is 48.3 Å². The van der Waals surface area contributed by atoms with Gasteiger partial charge in [0.25, 0.3) is 0 Å². The highest BCUT2D eigenvalue weighted by Crippen LogP contribution is 2.48.